The Balaban J connectivity index is 1.84. The molecule has 5 heteroatoms. The quantitative estimate of drug-likeness (QED) is 0.824. The minimum absolute atomic E-state index is 0.287. The molecule has 0 aliphatic carbocycles. The number of ether oxygens (including phenoxy) is 1. The summed E-state index contributed by atoms with van der Waals surface area (Å²) in [6.07, 6.45) is 2.06. The number of nitrogen functional groups attached to an aromatic ring is 1. The Bertz CT molecular complexity index is 361. The summed E-state index contributed by atoms with van der Waals surface area (Å²) >= 11 is 1.68. The predicted octanol–water partition coefficient (Wildman–Crippen LogP) is 1.48. The van der Waals surface area contributed by atoms with E-state index in [4.69, 9.17) is 10.5 Å². The Morgan fingerprint density at radius 1 is 1.65 bits per heavy atom. The van der Waals surface area contributed by atoms with Gasteiger partial charge in [-0.1, -0.05) is 6.92 Å². The third kappa shape index (κ3) is 3.59. The van der Waals surface area contributed by atoms with Gasteiger partial charge in [0.2, 0.25) is 0 Å². The number of pyridine rings is 1. The van der Waals surface area contributed by atoms with Crippen LogP contribution in [-0.4, -0.2) is 48.0 Å². The molecular formula is C12H19N3OS. The zero-order valence-corrected chi connectivity index (χ0v) is 10.9. The summed E-state index contributed by atoms with van der Waals surface area (Å²) in [5.41, 5.74) is 6.61. The molecule has 0 saturated carbocycles. The number of morpholine rings is 1. The molecule has 17 heavy (non-hydrogen) atoms. The van der Waals surface area contributed by atoms with Crippen LogP contribution in [0, 0.1) is 0 Å². The van der Waals surface area contributed by atoms with Crippen molar-refractivity contribution in [1.82, 2.24) is 9.88 Å². The fraction of sp³-hybridized carbons (Fsp3) is 0.583. The van der Waals surface area contributed by atoms with Gasteiger partial charge in [-0.2, -0.15) is 0 Å². The molecule has 1 atom stereocenters. The minimum atomic E-state index is 0.287. The minimum Gasteiger partial charge on any atom is -0.397 e. The molecule has 0 bridgehead atoms. The van der Waals surface area contributed by atoms with E-state index in [1.165, 1.54) is 0 Å². The van der Waals surface area contributed by atoms with Crippen LogP contribution in [0.3, 0.4) is 0 Å². The van der Waals surface area contributed by atoms with Gasteiger partial charge in [-0.05, 0) is 18.7 Å². The van der Waals surface area contributed by atoms with Crippen molar-refractivity contribution in [2.24, 2.45) is 0 Å². The van der Waals surface area contributed by atoms with Crippen molar-refractivity contribution in [2.45, 2.75) is 18.1 Å². The monoisotopic (exact) mass is 253 g/mol. The molecule has 1 aliphatic rings. The highest BCUT2D eigenvalue weighted by Crippen LogP contribution is 2.23. The van der Waals surface area contributed by atoms with E-state index in [0.29, 0.717) is 0 Å². The number of rotatable bonds is 4. The SMILES string of the molecule is CCN1CCOC(CSc2ncccc2N)C1. The fourth-order valence-corrected chi connectivity index (χ4v) is 2.78. The number of likely N-dealkylation sites (N-methyl/N-ethyl adjacent to an activating group) is 1. The first-order chi connectivity index (χ1) is 8.29. The van der Waals surface area contributed by atoms with Crippen molar-refractivity contribution >= 4 is 17.4 Å². The topological polar surface area (TPSA) is 51.4 Å². The largest absolute Gasteiger partial charge is 0.397 e. The number of hydrogen-bond donors (Lipinski definition) is 1. The normalized spacial score (nSPS) is 21.6. The number of anilines is 1. The molecule has 94 valence electrons. The average molecular weight is 253 g/mol. The molecule has 0 spiro atoms. The third-order valence-corrected chi connectivity index (χ3v) is 4.03. The maximum Gasteiger partial charge on any atom is 0.119 e. The van der Waals surface area contributed by atoms with Gasteiger partial charge in [0.05, 0.1) is 18.4 Å². The molecule has 1 aliphatic heterocycles. The van der Waals surface area contributed by atoms with E-state index in [1.54, 1.807) is 18.0 Å². The fourth-order valence-electron chi connectivity index (χ4n) is 1.86. The van der Waals surface area contributed by atoms with E-state index in [1.807, 2.05) is 12.1 Å². The highest BCUT2D eigenvalue weighted by atomic mass is 32.2. The zero-order valence-electron chi connectivity index (χ0n) is 10.1. The van der Waals surface area contributed by atoms with E-state index in [2.05, 4.69) is 16.8 Å². The highest BCUT2D eigenvalue weighted by molar-refractivity contribution is 7.99. The van der Waals surface area contributed by atoms with Crippen molar-refractivity contribution in [3.63, 3.8) is 0 Å². The van der Waals surface area contributed by atoms with Crippen molar-refractivity contribution in [2.75, 3.05) is 37.7 Å². The van der Waals surface area contributed by atoms with Gasteiger partial charge in [-0.25, -0.2) is 4.98 Å². The lowest BCUT2D eigenvalue weighted by Crippen LogP contribution is -2.43. The van der Waals surface area contributed by atoms with Crippen LogP contribution in [0.1, 0.15) is 6.92 Å². The molecule has 1 unspecified atom stereocenters. The second-order valence-electron chi connectivity index (χ2n) is 4.09. The lowest BCUT2D eigenvalue weighted by Gasteiger charge is -2.31. The van der Waals surface area contributed by atoms with Gasteiger partial charge in [0.25, 0.3) is 0 Å². The van der Waals surface area contributed by atoms with Crippen LogP contribution in [-0.2, 0) is 4.74 Å². The van der Waals surface area contributed by atoms with E-state index in [9.17, 15) is 0 Å². The molecule has 1 aromatic heterocycles. The Kier molecular flexibility index (Phi) is 4.65. The Labute approximate surface area is 107 Å². The number of aromatic nitrogens is 1. The van der Waals surface area contributed by atoms with Crippen LogP contribution in [0.4, 0.5) is 5.69 Å². The van der Waals surface area contributed by atoms with E-state index in [-0.39, 0.29) is 6.10 Å². The maximum atomic E-state index is 5.86. The Morgan fingerprint density at radius 3 is 3.29 bits per heavy atom. The summed E-state index contributed by atoms with van der Waals surface area (Å²) in [5.74, 6) is 0.914. The lowest BCUT2D eigenvalue weighted by atomic mass is 10.3. The molecule has 0 radical (unpaired) electrons. The van der Waals surface area contributed by atoms with Crippen LogP contribution in [0.5, 0.6) is 0 Å². The summed E-state index contributed by atoms with van der Waals surface area (Å²) in [6, 6.07) is 3.74. The van der Waals surface area contributed by atoms with Crippen molar-refractivity contribution in [3.8, 4) is 0 Å². The maximum absolute atomic E-state index is 5.86. The smallest absolute Gasteiger partial charge is 0.119 e. The first kappa shape index (κ1) is 12.7. The van der Waals surface area contributed by atoms with E-state index < -0.39 is 0 Å². The lowest BCUT2D eigenvalue weighted by molar-refractivity contribution is -0.0137. The Hall–Kier alpha value is -0.780. The zero-order chi connectivity index (χ0) is 12.1. The first-order valence-electron chi connectivity index (χ1n) is 5.97. The molecule has 2 rings (SSSR count). The number of nitrogens with two attached hydrogens (primary N) is 1. The molecule has 4 nitrogen and oxygen atoms in total. The van der Waals surface area contributed by atoms with Gasteiger partial charge in [0.15, 0.2) is 0 Å². The number of nitrogens with zero attached hydrogens (tertiary/aromatic N) is 2. The van der Waals surface area contributed by atoms with Gasteiger partial charge in [0, 0.05) is 25.0 Å². The molecule has 1 aromatic rings. The molecule has 1 fully saturated rings. The summed E-state index contributed by atoms with van der Waals surface area (Å²) in [7, 11) is 0. The molecule has 2 N–H and O–H groups in total. The molecule has 0 aromatic carbocycles. The average Bonchev–Trinajstić information content (AvgIpc) is 2.38. The molecular weight excluding hydrogens is 234 g/mol. The predicted molar refractivity (Wildman–Crippen MR) is 71.2 cm³/mol. The van der Waals surface area contributed by atoms with E-state index in [0.717, 1.165) is 42.7 Å². The van der Waals surface area contributed by atoms with Crippen LogP contribution < -0.4 is 5.73 Å². The van der Waals surface area contributed by atoms with Crippen molar-refractivity contribution in [1.29, 1.82) is 0 Å². The first-order valence-corrected chi connectivity index (χ1v) is 6.95. The Morgan fingerprint density at radius 2 is 2.53 bits per heavy atom. The van der Waals surface area contributed by atoms with Crippen molar-refractivity contribution < 1.29 is 4.74 Å². The second-order valence-corrected chi connectivity index (χ2v) is 5.10. The summed E-state index contributed by atoms with van der Waals surface area (Å²) in [5, 5.41) is 0.907. The summed E-state index contributed by atoms with van der Waals surface area (Å²) in [4.78, 5) is 6.68. The van der Waals surface area contributed by atoms with Crippen LogP contribution in [0.2, 0.25) is 0 Å². The molecule has 1 saturated heterocycles. The number of thioether (sulfide) groups is 1. The number of hydrogen-bond acceptors (Lipinski definition) is 5. The standard InChI is InChI=1S/C12H19N3OS/c1-2-15-6-7-16-10(8-15)9-17-12-11(13)4-3-5-14-12/h3-5,10H,2,6-9,13H2,1H3. The van der Waals surface area contributed by atoms with Gasteiger partial charge >= 0.3 is 0 Å². The highest BCUT2D eigenvalue weighted by Gasteiger charge is 2.19. The van der Waals surface area contributed by atoms with E-state index >= 15 is 0 Å². The second kappa shape index (κ2) is 6.23. The summed E-state index contributed by atoms with van der Waals surface area (Å²) in [6.45, 7) is 6.17. The van der Waals surface area contributed by atoms with Gasteiger partial charge in [0.1, 0.15) is 5.03 Å². The molecule has 0 amide bonds. The van der Waals surface area contributed by atoms with Crippen LogP contribution in [0.25, 0.3) is 0 Å². The van der Waals surface area contributed by atoms with Crippen LogP contribution >= 0.6 is 11.8 Å². The van der Waals surface area contributed by atoms with Crippen molar-refractivity contribution in [3.05, 3.63) is 18.3 Å². The van der Waals surface area contributed by atoms with Gasteiger partial charge in [-0.15, -0.1) is 11.8 Å². The van der Waals surface area contributed by atoms with Crippen LogP contribution in [0.15, 0.2) is 23.4 Å². The third-order valence-electron chi connectivity index (χ3n) is 2.88. The van der Waals surface area contributed by atoms with Gasteiger partial charge < -0.3 is 10.5 Å². The molecule has 2 heterocycles. The van der Waals surface area contributed by atoms with Gasteiger partial charge in [-0.3, -0.25) is 4.90 Å². The summed E-state index contributed by atoms with van der Waals surface area (Å²) < 4.78 is 5.74.